The number of hydrogen-bond acceptors (Lipinski definition) is 6. The van der Waals surface area contributed by atoms with Gasteiger partial charge >= 0.3 is 0 Å². The van der Waals surface area contributed by atoms with Crippen LogP contribution in [-0.4, -0.2) is 43.9 Å². The molecule has 5 rings (SSSR count). The maximum Gasteiger partial charge on any atom is 0.214 e. The van der Waals surface area contributed by atoms with Crippen LogP contribution >= 0.6 is 0 Å². The number of imidazole rings is 1. The zero-order chi connectivity index (χ0) is 22.6. The van der Waals surface area contributed by atoms with Gasteiger partial charge in [-0.1, -0.05) is 0 Å². The standard InChI is InChI=1S/C21H24FN7O2S/c1-12(2)32(30,31)24-10-14-8-13(4-7-16(14)22)17-9-18-26-20(25-15-5-6-15)19-21(29(18)27-17)28(3)11-23-19/h4,7-9,11-12,15,24H,5-6,10H2,1-3H3,(H,25,26). The van der Waals surface area contributed by atoms with E-state index in [1.54, 1.807) is 36.8 Å². The van der Waals surface area contributed by atoms with Gasteiger partial charge in [-0.15, -0.1) is 0 Å². The number of hydrogen-bond donors (Lipinski definition) is 2. The highest BCUT2D eigenvalue weighted by molar-refractivity contribution is 7.90. The van der Waals surface area contributed by atoms with Gasteiger partial charge in [-0.05, 0) is 44.9 Å². The highest BCUT2D eigenvalue weighted by Crippen LogP contribution is 2.30. The third-order valence-electron chi connectivity index (χ3n) is 5.59. The minimum atomic E-state index is -3.51. The Morgan fingerprint density at radius 2 is 2.03 bits per heavy atom. The van der Waals surface area contributed by atoms with E-state index >= 15 is 0 Å². The van der Waals surface area contributed by atoms with E-state index in [2.05, 4.69) is 15.0 Å². The molecule has 1 fully saturated rings. The Morgan fingerprint density at radius 3 is 2.75 bits per heavy atom. The van der Waals surface area contributed by atoms with Crippen LogP contribution in [0.3, 0.4) is 0 Å². The molecule has 3 heterocycles. The Labute approximate surface area is 184 Å². The van der Waals surface area contributed by atoms with Crippen molar-refractivity contribution in [2.75, 3.05) is 5.32 Å². The molecule has 2 N–H and O–H groups in total. The van der Waals surface area contributed by atoms with E-state index < -0.39 is 21.1 Å². The number of halogens is 1. The largest absolute Gasteiger partial charge is 0.365 e. The number of rotatable bonds is 7. The summed E-state index contributed by atoms with van der Waals surface area (Å²) >= 11 is 0. The number of sulfonamides is 1. The number of fused-ring (bicyclic) bond motifs is 3. The monoisotopic (exact) mass is 457 g/mol. The van der Waals surface area contributed by atoms with Crippen molar-refractivity contribution in [3.63, 3.8) is 0 Å². The molecule has 11 heteroatoms. The van der Waals surface area contributed by atoms with Crippen molar-refractivity contribution < 1.29 is 12.8 Å². The molecule has 3 aromatic heterocycles. The van der Waals surface area contributed by atoms with Gasteiger partial charge in [0.15, 0.2) is 22.6 Å². The number of nitrogens with zero attached hydrogens (tertiary/aromatic N) is 5. The number of benzene rings is 1. The van der Waals surface area contributed by atoms with Gasteiger partial charge in [0, 0.05) is 36.8 Å². The summed E-state index contributed by atoms with van der Waals surface area (Å²) in [6.45, 7) is 3.02. The first-order chi connectivity index (χ1) is 15.2. The lowest BCUT2D eigenvalue weighted by Crippen LogP contribution is -2.30. The van der Waals surface area contributed by atoms with E-state index in [0.29, 0.717) is 22.9 Å². The minimum Gasteiger partial charge on any atom is -0.365 e. The Morgan fingerprint density at radius 1 is 1.25 bits per heavy atom. The molecule has 1 aliphatic carbocycles. The molecule has 32 heavy (non-hydrogen) atoms. The SMILES string of the molecule is CC(C)S(=O)(=O)NCc1cc(-c2cc3nc(NC4CC4)c4ncn(C)c4n3n2)ccc1F. The van der Waals surface area contributed by atoms with E-state index in [4.69, 9.17) is 10.1 Å². The topological polar surface area (TPSA) is 106 Å². The smallest absolute Gasteiger partial charge is 0.214 e. The molecular formula is C21H24FN7O2S. The number of anilines is 1. The maximum absolute atomic E-state index is 14.4. The quantitative estimate of drug-likeness (QED) is 0.442. The molecule has 0 radical (unpaired) electrons. The van der Waals surface area contributed by atoms with Gasteiger partial charge in [0.2, 0.25) is 10.0 Å². The molecule has 0 amide bonds. The molecule has 0 atom stereocenters. The predicted molar refractivity (Wildman–Crippen MR) is 120 cm³/mol. The molecule has 0 unspecified atom stereocenters. The second kappa shape index (κ2) is 7.52. The first-order valence-corrected chi connectivity index (χ1v) is 12.0. The summed E-state index contributed by atoms with van der Waals surface area (Å²) in [5.41, 5.74) is 3.71. The van der Waals surface area contributed by atoms with Crippen LogP contribution in [0.4, 0.5) is 10.2 Å². The average molecular weight is 458 g/mol. The van der Waals surface area contributed by atoms with Crippen molar-refractivity contribution in [3.8, 4) is 11.3 Å². The summed E-state index contributed by atoms with van der Waals surface area (Å²) in [6.07, 6.45) is 3.96. The fraction of sp³-hybridized carbons (Fsp3) is 0.381. The van der Waals surface area contributed by atoms with Crippen LogP contribution in [0.1, 0.15) is 32.3 Å². The van der Waals surface area contributed by atoms with Crippen molar-refractivity contribution in [2.24, 2.45) is 7.05 Å². The maximum atomic E-state index is 14.4. The van der Waals surface area contributed by atoms with Crippen LogP contribution in [0.15, 0.2) is 30.6 Å². The molecule has 1 saturated carbocycles. The Kier molecular flexibility index (Phi) is 4.90. The van der Waals surface area contributed by atoms with Crippen LogP contribution in [0, 0.1) is 5.82 Å². The number of aromatic nitrogens is 5. The highest BCUT2D eigenvalue weighted by atomic mass is 32.2. The summed E-state index contributed by atoms with van der Waals surface area (Å²) in [4.78, 5) is 9.20. The summed E-state index contributed by atoms with van der Waals surface area (Å²) in [7, 11) is -1.61. The van der Waals surface area contributed by atoms with Crippen LogP contribution in [-0.2, 0) is 23.6 Å². The van der Waals surface area contributed by atoms with Crippen LogP contribution in [0.2, 0.25) is 0 Å². The van der Waals surface area contributed by atoms with Gasteiger partial charge in [-0.2, -0.15) is 9.61 Å². The van der Waals surface area contributed by atoms with E-state index in [0.717, 1.165) is 29.8 Å². The van der Waals surface area contributed by atoms with Gasteiger partial charge in [0.25, 0.3) is 0 Å². The Hall–Kier alpha value is -3.05. The Bertz CT molecular complexity index is 1440. The molecule has 168 valence electrons. The third kappa shape index (κ3) is 3.71. The first kappa shape index (κ1) is 20.8. The molecule has 0 spiro atoms. The summed E-state index contributed by atoms with van der Waals surface area (Å²) < 4.78 is 44.6. The zero-order valence-electron chi connectivity index (χ0n) is 18.0. The van der Waals surface area contributed by atoms with Crippen molar-refractivity contribution in [2.45, 2.75) is 44.5 Å². The van der Waals surface area contributed by atoms with E-state index in [9.17, 15) is 12.8 Å². The molecule has 0 aliphatic heterocycles. The van der Waals surface area contributed by atoms with E-state index in [1.807, 2.05) is 17.7 Å². The van der Waals surface area contributed by atoms with Gasteiger partial charge < -0.3 is 9.88 Å². The lowest BCUT2D eigenvalue weighted by Gasteiger charge is -2.10. The molecule has 9 nitrogen and oxygen atoms in total. The first-order valence-electron chi connectivity index (χ1n) is 10.5. The van der Waals surface area contributed by atoms with E-state index in [-0.39, 0.29) is 12.1 Å². The number of nitrogens with one attached hydrogen (secondary N) is 2. The van der Waals surface area contributed by atoms with Crippen molar-refractivity contribution >= 4 is 32.7 Å². The molecule has 4 aromatic rings. The molecule has 1 aromatic carbocycles. The molecule has 0 bridgehead atoms. The minimum absolute atomic E-state index is 0.132. The normalized spacial score (nSPS) is 14.7. The van der Waals surface area contributed by atoms with Gasteiger partial charge in [0.1, 0.15) is 5.82 Å². The predicted octanol–water partition coefficient (Wildman–Crippen LogP) is 2.82. The summed E-state index contributed by atoms with van der Waals surface area (Å²) in [6, 6.07) is 6.82. The molecule has 0 saturated heterocycles. The van der Waals surface area contributed by atoms with Crippen LogP contribution < -0.4 is 10.0 Å². The van der Waals surface area contributed by atoms with E-state index in [1.165, 1.54) is 6.07 Å². The highest BCUT2D eigenvalue weighted by Gasteiger charge is 2.24. The second-order valence-corrected chi connectivity index (χ2v) is 10.7. The zero-order valence-corrected chi connectivity index (χ0v) is 18.8. The van der Waals surface area contributed by atoms with Crippen LogP contribution in [0.25, 0.3) is 28.1 Å². The van der Waals surface area contributed by atoms with Crippen LogP contribution in [0.5, 0.6) is 0 Å². The fourth-order valence-electron chi connectivity index (χ4n) is 3.49. The van der Waals surface area contributed by atoms with Gasteiger partial charge in [-0.3, -0.25) is 0 Å². The third-order valence-corrected chi connectivity index (χ3v) is 7.38. The van der Waals surface area contributed by atoms with Crippen molar-refractivity contribution in [1.29, 1.82) is 0 Å². The lowest BCUT2D eigenvalue weighted by molar-refractivity contribution is 0.566. The summed E-state index contributed by atoms with van der Waals surface area (Å²) in [5, 5.41) is 7.52. The fourth-order valence-corrected chi connectivity index (χ4v) is 4.18. The summed E-state index contributed by atoms with van der Waals surface area (Å²) in [5.74, 6) is 0.247. The van der Waals surface area contributed by atoms with Crippen molar-refractivity contribution in [1.82, 2.24) is 28.9 Å². The number of aryl methyl sites for hydroxylation is 1. The Balaban J connectivity index is 1.55. The second-order valence-electron chi connectivity index (χ2n) is 8.43. The van der Waals surface area contributed by atoms with Gasteiger partial charge in [-0.25, -0.2) is 27.5 Å². The molecular weight excluding hydrogens is 433 g/mol. The average Bonchev–Trinajstić information content (AvgIpc) is 3.32. The van der Waals surface area contributed by atoms with Crippen molar-refractivity contribution in [3.05, 3.63) is 42.0 Å². The lowest BCUT2D eigenvalue weighted by atomic mass is 10.1. The van der Waals surface area contributed by atoms with Gasteiger partial charge in [0.05, 0.1) is 17.3 Å². The molecule has 1 aliphatic rings.